The van der Waals surface area contributed by atoms with Gasteiger partial charge in [0.15, 0.2) is 21.4 Å². The summed E-state index contributed by atoms with van der Waals surface area (Å²) in [4.78, 5) is 0.00376. The number of rotatable bonds is 5. The Kier molecular flexibility index (Phi) is 5.32. The largest absolute Gasteiger partial charge is 0.497 e. The van der Waals surface area contributed by atoms with Gasteiger partial charge >= 0.3 is 0 Å². The molecule has 5 nitrogen and oxygen atoms in total. The standard InChI is InChI=1S/C22H22F2O5S/c1-3-4-19-16-13-29-21-18(24)10-9-17(23)20(21)22(16,11-12-28-19)30(25,26)15-7-5-14(27-2)6-8-15/h3,5-10,16,19H,1,4,11-13H2,2H3/t16?,19-,22-/m0/s1. The average Bonchev–Trinajstić information content (AvgIpc) is 2.76. The Hall–Kier alpha value is -2.45. The average molecular weight is 436 g/mol. The van der Waals surface area contributed by atoms with Crippen LogP contribution in [0, 0.1) is 17.6 Å². The molecular formula is C22H22F2O5S. The van der Waals surface area contributed by atoms with Crippen LogP contribution < -0.4 is 9.47 Å². The molecule has 30 heavy (non-hydrogen) atoms. The van der Waals surface area contributed by atoms with Crippen molar-refractivity contribution in [1.82, 2.24) is 0 Å². The van der Waals surface area contributed by atoms with Crippen LogP contribution in [-0.2, 0) is 19.3 Å². The molecule has 0 bridgehead atoms. The summed E-state index contributed by atoms with van der Waals surface area (Å²) in [5.41, 5.74) is -0.257. The van der Waals surface area contributed by atoms with Gasteiger partial charge in [-0.05, 0) is 49.2 Å². The second-order valence-corrected chi connectivity index (χ2v) is 9.61. The van der Waals surface area contributed by atoms with Gasteiger partial charge in [0.2, 0.25) is 0 Å². The molecule has 0 aromatic heterocycles. The van der Waals surface area contributed by atoms with Crippen molar-refractivity contribution in [2.24, 2.45) is 5.92 Å². The van der Waals surface area contributed by atoms with Crippen molar-refractivity contribution in [2.45, 2.75) is 28.6 Å². The van der Waals surface area contributed by atoms with Gasteiger partial charge in [0, 0.05) is 12.5 Å². The number of methoxy groups -OCH3 is 1. The van der Waals surface area contributed by atoms with E-state index < -0.39 is 38.2 Å². The molecule has 0 N–H and O–H groups in total. The molecule has 160 valence electrons. The molecule has 0 radical (unpaired) electrons. The van der Waals surface area contributed by atoms with E-state index in [2.05, 4.69) is 6.58 Å². The van der Waals surface area contributed by atoms with E-state index in [1.165, 1.54) is 31.4 Å². The molecule has 0 aliphatic carbocycles. The highest BCUT2D eigenvalue weighted by atomic mass is 32.2. The quantitative estimate of drug-likeness (QED) is 0.663. The zero-order valence-corrected chi connectivity index (χ0v) is 17.3. The fourth-order valence-electron chi connectivity index (χ4n) is 4.59. The van der Waals surface area contributed by atoms with Crippen molar-refractivity contribution < 1.29 is 31.4 Å². The van der Waals surface area contributed by atoms with Crippen LogP contribution in [0.2, 0.25) is 0 Å². The topological polar surface area (TPSA) is 61.8 Å². The Morgan fingerprint density at radius 3 is 2.57 bits per heavy atom. The summed E-state index contributed by atoms with van der Waals surface area (Å²) in [6.45, 7) is 3.69. The smallest absolute Gasteiger partial charge is 0.189 e. The van der Waals surface area contributed by atoms with Gasteiger partial charge in [-0.2, -0.15) is 0 Å². The van der Waals surface area contributed by atoms with Crippen LogP contribution in [0.3, 0.4) is 0 Å². The third-order valence-corrected chi connectivity index (χ3v) is 8.55. The normalized spacial score (nSPS) is 25.6. The molecule has 3 atom stereocenters. The number of hydrogen-bond donors (Lipinski definition) is 0. The molecular weight excluding hydrogens is 414 g/mol. The predicted molar refractivity (Wildman–Crippen MR) is 106 cm³/mol. The second-order valence-electron chi connectivity index (χ2n) is 7.40. The molecule has 0 saturated carbocycles. The van der Waals surface area contributed by atoms with Gasteiger partial charge in [-0.15, -0.1) is 6.58 Å². The number of sulfone groups is 1. The minimum absolute atomic E-state index is 0.00376. The number of hydrogen-bond acceptors (Lipinski definition) is 5. The summed E-state index contributed by atoms with van der Waals surface area (Å²) in [5, 5.41) is 0. The summed E-state index contributed by atoms with van der Waals surface area (Å²) in [5.74, 6) is -2.19. The number of halogens is 2. The first-order chi connectivity index (χ1) is 14.4. The Bertz CT molecular complexity index is 1070. The zero-order valence-electron chi connectivity index (χ0n) is 16.4. The predicted octanol–water partition coefficient (Wildman–Crippen LogP) is 4.02. The summed E-state index contributed by atoms with van der Waals surface area (Å²) >= 11 is 0. The van der Waals surface area contributed by atoms with Gasteiger partial charge in [-0.3, -0.25) is 0 Å². The second kappa shape index (κ2) is 7.67. The van der Waals surface area contributed by atoms with Crippen molar-refractivity contribution in [3.63, 3.8) is 0 Å². The van der Waals surface area contributed by atoms with Crippen molar-refractivity contribution >= 4 is 9.84 Å². The van der Waals surface area contributed by atoms with E-state index in [0.29, 0.717) is 12.2 Å². The zero-order chi connectivity index (χ0) is 21.5. The van der Waals surface area contributed by atoms with E-state index in [4.69, 9.17) is 14.2 Å². The maximum atomic E-state index is 15.2. The summed E-state index contributed by atoms with van der Waals surface area (Å²) in [7, 11) is -2.69. The third-order valence-electron chi connectivity index (χ3n) is 5.99. The summed E-state index contributed by atoms with van der Waals surface area (Å²) in [6.07, 6.45) is 1.41. The molecule has 0 spiro atoms. The number of ether oxygens (including phenoxy) is 3. The molecule has 2 heterocycles. The van der Waals surface area contributed by atoms with Crippen LogP contribution >= 0.6 is 0 Å². The maximum absolute atomic E-state index is 15.2. The van der Waals surface area contributed by atoms with Crippen LogP contribution in [0.15, 0.2) is 53.9 Å². The van der Waals surface area contributed by atoms with Crippen molar-refractivity contribution in [1.29, 1.82) is 0 Å². The Labute approximate surface area is 174 Å². The number of fused-ring (bicyclic) bond motifs is 3. The van der Waals surface area contributed by atoms with Gasteiger partial charge in [-0.1, -0.05) is 6.08 Å². The van der Waals surface area contributed by atoms with Crippen LogP contribution in [0.5, 0.6) is 11.5 Å². The van der Waals surface area contributed by atoms with Gasteiger partial charge in [0.25, 0.3) is 0 Å². The van der Waals surface area contributed by atoms with E-state index >= 15 is 4.39 Å². The molecule has 2 aliphatic heterocycles. The Morgan fingerprint density at radius 1 is 1.20 bits per heavy atom. The van der Waals surface area contributed by atoms with Gasteiger partial charge in [0.1, 0.15) is 16.3 Å². The van der Waals surface area contributed by atoms with Crippen molar-refractivity contribution in [3.8, 4) is 11.5 Å². The molecule has 1 saturated heterocycles. The fraction of sp³-hybridized carbons (Fsp3) is 0.364. The van der Waals surface area contributed by atoms with Gasteiger partial charge < -0.3 is 14.2 Å². The van der Waals surface area contributed by atoms with Crippen LogP contribution in [0.1, 0.15) is 18.4 Å². The first kappa shape index (κ1) is 20.8. The van der Waals surface area contributed by atoms with Crippen LogP contribution in [0.4, 0.5) is 8.78 Å². The van der Waals surface area contributed by atoms with E-state index in [-0.39, 0.29) is 35.8 Å². The molecule has 1 fully saturated rings. The monoisotopic (exact) mass is 436 g/mol. The maximum Gasteiger partial charge on any atom is 0.189 e. The highest BCUT2D eigenvalue weighted by molar-refractivity contribution is 7.92. The lowest BCUT2D eigenvalue weighted by molar-refractivity contribution is -0.0704. The molecule has 1 unspecified atom stereocenters. The van der Waals surface area contributed by atoms with E-state index in [9.17, 15) is 12.8 Å². The van der Waals surface area contributed by atoms with Crippen molar-refractivity contribution in [2.75, 3.05) is 20.3 Å². The van der Waals surface area contributed by atoms with Gasteiger partial charge in [0.05, 0.1) is 30.3 Å². The minimum Gasteiger partial charge on any atom is -0.497 e. The summed E-state index contributed by atoms with van der Waals surface area (Å²) < 4.78 is 72.6. The molecule has 2 aliphatic rings. The van der Waals surface area contributed by atoms with Gasteiger partial charge in [-0.25, -0.2) is 17.2 Å². The van der Waals surface area contributed by atoms with Crippen LogP contribution in [-0.4, -0.2) is 34.8 Å². The van der Waals surface area contributed by atoms with Crippen molar-refractivity contribution in [3.05, 3.63) is 66.3 Å². The van der Waals surface area contributed by atoms with E-state index in [0.717, 1.165) is 12.1 Å². The minimum atomic E-state index is -4.17. The third kappa shape index (κ3) is 2.93. The van der Waals surface area contributed by atoms with Crippen LogP contribution in [0.25, 0.3) is 0 Å². The molecule has 4 rings (SSSR count). The highest BCUT2D eigenvalue weighted by Gasteiger charge is 2.61. The number of benzene rings is 2. The summed E-state index contributed by atoms with van der Waals surface area (Å²) in [6, 6.07) is 7.79. The lowest BCUT2D eigenvalue weighted by Gasteiger charge is -2.50. The Morgan fingerprint density at radius 2 is 1.90 bits per heavy atom. The molecule has 8 heteroatoms. The van der Waals surface area contributed by atoms with E-state index in [1.54, 1.807) is 6.08 Å². The van der Waals surface area contributed by atoms with E-state index in [1.807, 2.05) is 0 Å². The first-order valence-electron chi connectivity index (χ1n) is 9.59. The lowest BCUT2D eigenvalue weighted by Crippen LogP contribution is -2.57. The molecule has 0 amide bonds. The lowest BCUT2D eigenvalue weighted by atomic mass is 9.75. The molecule has 2 aromatic carbocycles. The SMILES string of the molecule is C=CC[C@@H]1OCC[C@@]2(S(=O)(=O)c3ccc(OC)cc3)c3c(F)ccc(F)c3OCC12. The fourth-order valence-corrected chi connectivity index (χ4v) is 6.93. The first-order valence-corrected chi connectivity index (χ1v) is 11.1. The highest BCUT2D eigenvalue weighted by Crippen LogP contribution is 2.55. The Balaban J connectivity index is 2.00. The molecule has 2 aromatic rings.